The topological polar surface area (TPSA) is 91.7 Å². The number of aromatic amines is 1. The maximum Gasteiger partial charge on any atom is 0.405 e. The second-order valence-electron chi connectivity index (χ2n) is 9.77. The SMILES string of the molecule is Cn1nc(-c2ccc(C(=O)N3CCNC(C(F)(F)F)C3)cc2)nc1Cc1ccc2[nH]ncc2c1C1CC1. The fraction of sp³-hybridized carbons (Fsp3) is 0.385. The van der Waals surface area contributed by atoms with E-state index in [0.29, 0.717) is 23.7 Å². The Morgan fingerprint density at radius 3 is 2.65 bits per heavy atom. The van der Waals surface area contributed by atoms with Gasteiger partial charge in [-0.25, -0.2) is 4.98 Å². The van der Waals surface area contributed by atoms with Gasteiger partial charge in [-0.05, 0) is 48.1 Å². The largest absolute Gasteiger partial charge is 0.405 e. The summed E-state index contributed by atoms with van der Waals surface area (Å²) < 4.78 is 41.0. The van der Waals surface area contributed by atoms with Gasteiger partial charge in [0, 0.05) is 49.6 Å². The molecule has 2 aromatic heterocycles. The first-order chi connectivity index (χ1) is 17.8. The third kappa shape index (κ3) is 4.59. The van der Waals surface area contributed by atoms with Crippen molar-refractivity contribution in [3.8, 4) is 11.4 Å². The van der Waals surface area contributed by atoms with Crippen molar-refractivity contribution in [2.45, 2.75) is 37.4 Å². The number of alkyl halides is 3. The van der Waals surface area contributed by atoms with E-state index >= 15 is 0 Å². The van der Waals surface area contributed by atoms with Crippen molar-refractivity contribution < 1.29 is 18.0 Å². The lowest BCUT2D eigenvalue weighted by Crippen LogP contribution is -2.58. The number of hydrogen-bond donors (Lipinski definition) is 2. The standard InChI is InChI=1S/C26H26F3N7O/c1-35-22(12-18-8-9-20-19(13-31-33-20)23(18)15-2-3-15)32-24(34-35)16-4-6-17(7-5-16)25(37)36-11-10-30-21(14-36)26(27,28)29/h4-9,13,15,21,30H,2-3,10-12,14H2,1H3,(H,31,33). The normalized spacial score (nSPS) is 18.5. The first-order valence-corrected chi connectivity index (χ1v) is 12.3. The van der Waals surface area contributed by atoms with E-state index in [1.165, 1.54) is 28.9 Å². The van der Waals surface area contributed by atoms with Crippen molar-refractivity contribution in [3.63, 3.8) is 0 Å². The molecule has 1 saturated carbocycles. The Morgan fingerprint density at radius 2 is 1.92 bits per heavy atom. The molecule has 192 valence electrons. The molecule has 2 fully saturated rings. The zero-order chi connectivity index (χ0) is 25.7. The number of piperazine rings is 1. The molecule has 1 unspecified atom stereocenters. The molecule has 1 aliphatic heterocycles. The van der Waals surface area contributed by atoms with Crippen LogP contribution in [0.2, 0.25) is 0 Å². The Hall–Kier alpha value is -3.73. The lowest BCUT2D eigenvalue weighted by molar-refractivity contribution is -0.162. The highest BCUT2D eigenvalue weighted by Crippen LogP contribution is 2.45. The van der Waals surface area contributed by atoms with E-state index in [9.17, 15) is 18.0 Å². The highest BCUT2D eigenvalue weighted by Gasteiger charge is 2.43. The van der Waals surface area contributed by atoms with E-state index in [-0.39, 0.29) is 13.1 Å². The van der Waals surface area contributed by atoms with Gasteiger partial charge in [0.15, 0.2) is 5.82 Å². The number of carbonyl (C=O) groups excluding carboxylic acids is 1. The molecule has 2 aromatic carbocycles. The number of hydrogen-bond acceptors (Lipinski definition) is 5. The molecule has 6 rings (SSSR count). The minimum atomic E-state index is -4.39. The van der Waals surface area contributed by atoms with Crippen LogP contribution in [0.15, 0.2) is 42.6 Å². The molecule has 1 saturated heterocycles. The highest BCUT2D eigenvalue weighted by molar-refractivity contribution is 5.94. The van der Waals surface area contributed by atoms with Gasteiger partial charge in [0.2, 0.25) is 0 Å². The van der Waals surface area contributed by atoms with Crippen LogP contribution in [0.1, 0.15) is 46.1 Å². The van der Waals surface area contributed by atoms with Crippen LogP contribution in [0, 0.1) is 0 Å². The van der Waals surface area contributed by atoms with Crippen LogP contribution < -0.4 is 5.32 Å². The lowest BCUT2D eigenvalue weighted by atomic mass is 9.97. The second kappa shape index (κ2) is 8.98. The fourth-order valence-corrected chi connectivity index (χ4v) is 5.05. The van der Waals surface area contributed by atoms with Gasteiger partial charge in [-0.1, -0.05) is 18.2 Å². The van der Waals surface area contributed by atoms with Gasteiger partial charge in [0.1, 0.15) is 11.9 Å². The molecule has 0 spiro atoms. The van der Waals surface area contributed by atoms with Crippen LogP contribution in [0.25, 0.3) is 22.3 Å². The highest BCUT2D eigenvalue weighted by atomic mass is 19.4. The number of aryl methyl sites for hydroxylation is 1. The first kappa shape index (κ1) is 23.7. The molecule has 3 heterocycles. The van der Waals surface area contributed by atoms with Crippen molar-refractivity contribution in [2.24, 2.45) is 7.05 Å². The van der Waals surface area contributed by atoms with Crippen LogP contribution in [-0.4, -0.2) is 67.6 Å². The van der Waals surface area contributed by atoms with Gasteiger partial charge < -0.3 is 10.2 Å². The predicted molar refractivity (Wildman–Crippen MR) is 131 cm³/mol. The molecule has 1 amide bonds. The molecule has 37 heavy (non-hydrogen) atoms. The summed E-state index contributed by atoms with van der Waals surface area (Å²) in [6, 6.07) is 9.18. The Morgan fingerprint density at radius 1 is 1.14 bits per heavy atom. The number of nitrogens with zero attached hydrogens (tertiary/aromatic N) is 5. The molecule has 8 nitrogen and oxygen atoms in total. The Labute approximate surface area is 210 Å². The molecule has 11 heteroatoms. The van der Waals surface area contributed by atoms with Gasteiger partial charge in [-0.2, -0.15) is 23.4 Å². The lowest BCUT2D eigenvalue weighted by Gasteiger charge is -2.34. The van der Waals surface area contributed by atoms with Gasteiger partial charge >= 0.3 is 6.18 Å². The van der Waals surface area contributed by atoms with E-state index in [1.807, 2.05) is 19.3 Å². The number of benzene rings is 2. The summed E-state index contributed by atoms with van der Waals surface area (Å²) >= 11 is 0. The smallest absolute Gasteiger partial charge is 0.335 e. The number of rotatable bonds is 5. The molecule has 1 aliphatic carbocycles. The second-order valence-corrected chi connectivity index (χ2v) is 9.77. The third-order valence-corrected chi connectivity index (χ3v) is 7.19. The van der Waals surface area contributed by atoms with Gasteiger partial charge in [-0.3, -0.25) is 14.6 Å². The van der Waals surface area contributed by atoms with Crippen LogP contribution >= 0.6 is 0 Å². The van der Waals surface area contributed by atoms with Gasteiger partial charge in [-0.15, -0.1) is 0 Å². The summed E-state index contributed by atoms with van der Waals surface area (Å²) in [5, 5.41) is 15.4. The number of carbonyl (C=O) groups is 1. The van der Waals surface area contributed by atoms with Crippen LogP contribution in [0.4, 0.5) is 13.2 Å². The molecule has 0 bridgehead atoms. The zero-order valence-electron chi connectivity index (χ0n) is 20.2. The van der Waals surface area contributed by atoms with Crippen LogP contribution in [-0.2, 0) is 13.5 Å². The van der Waals surface area contributed by atoms with Crippen molar-refractivity contribution in [1.82, 2.24) is 35.2 Å². The first-order valence-electron chi connectivity index (χ1n) is 12.3. The maximum atomic E-state index is 13.1. The number of fused-ring (bicyclic) bond motifs is 1. The van der Waals surface area contributed by atoms with E-state index in [4.69, 9.17) is 4.98 Å². The quantitative estimate of drug-likeness (QED) is 0.427. The molecular formula is C26H26F3N7O. The Bertz CT molecular complexity index is 1450. The summed E-state index contributed by atoms with van der Waals surface area (Å²) in [6.45, 7) is -0.0703. The fourth-order valence-electron chi connectivity index (χ4n) is 5.05. The molecular weight excluding hydrogens is 483 g/mol. The predicted octanol–water partition coefficient (Wildman–Crippen LogP) is 3.80. The molecule has 4 aromatic rings. The summed E-state index contributed by atoms with van der Waals surface area (Å²) in [5.74, 6) is 1.49. The monoisotopic (exact) mass is 509 g/mol. The number of nitrogens with one attached hydrogen (secondary N) is 2. The summed E-state index contributed by atoms with van der Waals surface area (Å²) in [7, 11) is 1.86. The van der Waals surface area contributed by atoms with Gasteiger partial charge in [0.05, 0.1) is 11.7 Å². The number of H-pyrrole nitrogens is 1. The number of halogens is 3. The summed E-state index contributed by atoms with van der Waals surface area (Å²) in [6.07, 6.45) is 0.487. The van der Waals surface area contributed by atoms with Crippen LogP contribution in [0.5, 0.6) is 0 Å². The zero-order valence-corrected chi connectivity index (χ0v) is 20.2. The molecule has 0 radical (unpaired) electrons. The third-order valence-electron chi connectivity index (χ3n) is 7.19. The average molecular weight is 510 g/mol. The summed E-state index contributed by atoms with van der Waals surface area (Å²) in [5.41, 5.74) is 4.66. The molecule has 1 atom stereocenters. The van der Waals surface area contributed by atoms with Gasteiger partial charge in [0.25, 0.3) is 5.91 Å². The Kier molecular flexibility index (Phi) is 5.74. The van der Waals surface area contributed by atoms with E-state index in [2.05, 4.69) is 26.7 Å². The Balaban J connectivity index is 1.20. The molecule has 2 N–H and O–H groups in total. The van der Waals surface area contributed by atoms with Crippen molar-refractivity contribution >= 4 is 16.8 Å². The van der Waals surface area contributed by atoms with E-state index in [0.717, 1.165) is 22.3 Å². The minimum absolute atomic E-state index is 0.102. The number of aromatic nitrogens is 5. The molecule has 2 aliphatic rings. The maximum absolute atomic E-state index is 13.1. The van der Waals surface area contributed by atoms with Crippen LogP contribution in [0.3, 0.4) is 0 Å². The van der Waals surface area contributed by atoms with Crippen molar-refractivity contribution in [2.75, 3.05) is 19.6 Å². The number of amides is 1. The average Bonchev–Trinajstić information content (AvgIpc) is 3.50. The van der Waals surface area contributed by atoms with Crippen molar-refractivity contribution in [3.05, 3.63) is 65.1 Å². The summed E-state index contributed by atoms with van der Waals surface area (Å²) in [4.78, 5) is 18.8. The van der Waals surface area contributed by atoms with E-state index < -0.39 is 24.7 Å². The minimum Gasteiger partial charge on any atom is -0.335 e. The van der Waals surface area contributed by atoms with E-state index in [1.54, 1.807) is 28.9 Å². The van der Waals surface area contributed by atoms with Crippen molar-refractivity contribution in [1.29, 1.82) is 0 Å².